The van der Waals surface area contributed by atoms with Gasteiger partial charge in [-0.2, -0.15) is 0 Å². The fourth-order valence-electron chi connectivity index (χ4n) is 1.67. The molecule has 0 spiro atoms. The van der Waals surface area contributed by atoms with Gasteiger partial charge in [0.1, 0.15) is 4.90 Å². The Morgan fingerprint density at radius 3 is 2.25 bits per heavy atom. The van der Waals surface area contributed by atoms with Crippen molar-refractivity contribution in [2.75, 3.05) is 17.1 Å². The Bertz CT molecular complexity index is 734. The summed E-state index contributed by atoms with van der Waals surface area (Å²) in [5.74, 6) is 0. The number of hydrogen-bond acceptors (Lipinski definition) is 3. The van der Waals surface area contributed by atoms with Crippen molar-refractivity contribution in [1.82, 2.24) is 0 Å². The van der Waals surface area contributed by atoms with E-state index >= 15 is 0 Å². The largest absolute Gasteiger partial charge is 0.396 e. The van der Waals surface area contributed by atoms with E-state index in [0.717, 1.165) is 4.31 Å². The van der Waals surface area contributed by atoms with Crippen molar-refractivity contribution in [3.63, 3.8) is 0 Å². The molecule has 4 nitrogen and oxygen atoms in total. The molecule has 7 heteroatoms. The van der Waals surface area contributed by atoms with E-state index in [9.17, 15) is 8.42 Å². The molecule has 0 atom stereocenters. The zero-order valence-electron chi connectivity index (χ0n) is 10.5. The third kappa shape index (κ3) is 2.57. The van der Waals surface area contributed by atoms with Crippen molar-refractivity contribution in [1.29, 1.82) is 0 Å². The van der Waals surface area contributed by atoms with Crippen LogP contribution in [-0.4, -0.2) is 15.5 Å². The normalized spacial score (nSPS) is 11.3. The van der Waals surface area contributed by atoms with Crippen LogP contribution in [0.5, 0.6) is 0 Å². The van der Waals surface area contributed by atoms with E-state index in [1.165, 1.54) is 19.2 Å². The summed E-state index contributed by atoms with van der Waals surface area (Å²) in [6, 6.07) is 11.4. The van der Waals surface area contributed by atoms with Gasteiger partial charge in [0.25, 0.3) is 10.0 Å². The van der Waals surface area contributed by atoms with Crippen LogP contribution in [0.1, 0.15) is 0 Å². The summed E-state index contributed by atoms with van der Waals surface area (Å²) < 4.78 is 26.3. The third-order valence-electron chi connectivity index (χ3n) is 2.85. The van der Waals surface area contributed by atoms with Crippen molar-refractivity contribution in [3.05, 3.63) is 52.5 Å². The highest BCUT2D eigenvalue weighted by atomic mass is 35.5. The van der Waals surface area contributed by atoms with Gasteiger partial charge in [-0.1, -0.05) is 41.4 Å². The lowest BCUT2D eigenvalue weighted by Crippen LogP contribution is -2.26. The van der Waals surface area contributed by atoms with Crippen molar-refractivity contribution in [2.24, 2.45) is 0 Å². The number of anilines is 2. The van der Waals surface area contributed by atoms with Crippen LogP contribution in [0.25, 0.3) is 0 Å². The van der Waals surface area contributed by atoms with Gasteiger partial charge in [-0.3, -0.25) is 4.31 Å². The second kappa shape index (κ2) is 5.52. The Balaban J connectivity index is 2.54. The molecule has 106 valence electrons. The molecule has 0 aliphatic rings. The topological polar surface area (TPSA) is 63.4 Å². The highest BCUT2D eigenvalue weighted by Crippen LogP contribution is 2.35. The number of rotatable bonds is 3. The average Bonchev–Trinajstić information content (AvgIpc) is 2.44. The molecule has 0 aliphatic carbocycles. The molecule has 0 aromatic heterocycles. The fraction of sp³-hybridized carbons (Fsp3) is 0.0769. The number of halogens is 2. The maximum atomic E-state index is 12.6. The molecule has 2 aromatic rings. The van der Waals surface area contributed by atoms with Crippen LogP contribution in [0.2, 0.25) is 10.0 Å². The summed E-state index contributed by atoms with van der Waals surface area (Å²) in [5, 5.41) is 0.150. The van der Waals surface area contributed by atoms with Crippen LogP contribution in [0.3, 0.4) is 0 Å². The second-order valence-corrected chi connectivity index (χ2v) is 6.80. The van der Waals surface area contributed by atoms with E-state index in [1.807, 2.05) is 0 Å². The standard InChI is InChI=1S/C13H12Cl2N2O2S/c1-17(9-5-3-2-4-6-9)20(18,19)11-8-7-10(14)13(16)12(11)15/h2-8H,16H2,1H3. The lowest BCUT2D eigenvalue weighted by molar-refractivity contribution is 0.594. The Hall–Kier alpha value is -1.43. The van der Waals surface area contributed by atoms with Crippen LogP contribution in [0.4, 0.5) is 11.4 Å². The van der Waals surface area contributed by atoms with Gasteiger partial charge < -0.3 is 5.73 Å². The summed E-state index contributed by atoms with van der Waals surface area (Å²) in [4.78, 5) is -0.0765. The first-order chi connectivity index (χ1) is 9.35. The van der Waals surface area contributed by atoms with Crippen LogP contribution in [0.15, 0.2) is 47.4 Å². The number of sulfonamides is 1. The molecule has 0 bridgehead atoms. The molecule has 0 saturated heterocycles. The molecule has 0 aliphatic heterocycles. The van der Waals surface area contributed by atoms with Crippen molar-refractivity contribution in [3.8, 4) is 0 Å². The molecule has 0 heterocycles. The van der Waals surface area contributed by atoms with E-state index in [1.54, 1.807) is 30.3 Å². The number of nitrogens with zero attached hydrogens (tertiary/aromatic N) is 1. The molecule has 0 unspecified atom stereocenters. The number of hydrogen-bond donors (Lipinski definition) is 1. The zero-order valence-corrected chi connectivity index (χ0v) is 12.9. The summed E-state index contributed by atoms with van der Waals surface area (Å²) in [5.41, 5.74) is 6.25. The van der Waals surface area contributed by atoms with Crippen LogP contribution < -0.4 is 10.0 Å². The minimum absolute atomic E-state index is 0.0517. The number of nitrogens with two attached hydrogens (primary N) is 1. The predicted octanol–water partition coefficient (Wildman–Crippen LogP) is 3.40. The lowest BCUT2D eigenvalue weighted by Gasteiger charge is -2.20. The molecule has 0 amide bonds. The number of benzene rings is 2. The predicted molar refractivity (Wildman–Crippen MR) is 82.9 cm³/mol. The summed E-state index contributed by atoms with van der Waals surface area (Å²) in [6.07, 6.45) is 0. The second-order valence-electron chi connectivity index (χ2n) is 4.08. The van der Waals surface area contributed by atoms with Crippen LogP contribution in [0, 0.1) is 0 Å². The Morgan fingerprint density at radius 2 is 1.65 bits per heavy atom. The van der Waals surface area contributed by atoms with Gasteiger partial charge in [0, 0.05) is 7.05 Å². The maximum Gasteiger partial charge on any atom is 0.265 e. The molecule has 0 saturated carbocycles. The first-order valence-corrected chi connectivity index (χ1v) is 7.82. The van der Waals surface area contributed by atoms with Gasteiger partial charge in [-0.05, 0) is 24.3 Å². The molecular weight excluding hydrogens is 319 g/mol. The summed E-state index contributed by atoms with van der Waals surface area (Å²) in [6.45, 7) is 0. The lowest BCUT2D eigenvalue weighted by atomic mass is 10.3. The van der Waals surface area contributed by atoms with E-state index in [4.69, 9.17) is 28.9 Å². The minimum Gasteiger partial charge on any atom is -0.396 e. The third-order valence-corrected chi connectivity index (χ3v) is 5.53. The van der Waals surface area contributed by atoms with Crippen LogP contribution in [-0.2, 0) is 10.0 Å². The van der Waals surface area contributed by atoms with Gasteiger partial charge in [0.15, 0.2) is 0 Å². The molecule has 2 N–H and O–H groups in total. The minimum atomic E-state index is -3.80. The number of nitrogen functional groups attached to an aromatic ring is 1. The summed E-state index contributed by atoms with van der Waals surface area (Å²) >= 11 is 11.8. The van der Waals surface area contributed by atoms with Gasteiger partial charge in [-0.25, -0.2) is 8.42 Å². The van der Waals surface area contributed by atoms with Crippen molar-refractivity contribution >= 4 is 44.6 Å². The van der Waals surface area contributed by atoms with Gasteiger partial charge in [0.05, 0.1) is 21.4 Å². The first-order valence-electron chi connectivity index (χ1n) is 5.63. The number of para-hydroxylation sites is 1. The molecule has 2 rings (SSSR count). The molecule has 2 aromatic carbocycles. The van der Waals surface area contributed by atoms with Gasteiger partial charge in [-0.15, -0.1) is 0 Å². The Labute approximate surface area is 127 Å². The van der Waals surface area contributed by atoms with E-state index in [2.05, 4.69) is 0 Å². The first kappa shape index (κ1) is 15.0. The van der Waals surface area contributed by atoms with E-state index in [-0.39, 0.29) is 20.6 Å². The molecule has 20 heavy (non-hydrogen) atoms. The van der Waals surface area contributed by atoms with Crippen molar-refractivity contribution in [2.45, 2.75) is 4.90 Å². The van der Waals surface area contributed by atoms with Crippen LogP contribution >= 0.6 is 23.2 Å². The Morgan fingerprint density at radius 1 is 1.05 bits per heavy atom. The Kier molecular flexibility index (Phi) is 4.13. The quantitative estimate of drug-likeness (QED) is 0.877. The smallest absolute Gasteiger partial charge is 0.265 e. The van der Waals surface area contributed by atoms with E-state index in [0.29, 0.717) is 5.69 Å². The average molecular weight is 331 g/mol. The SMILES string of the molecule is CN(c1ccccc1)S(=O)(=O)c1ccc(Cl)c(N)c1Cl. The fourth-order valence-corrected chi connectivity index (χ4v) is 3.61. The van der Waals surface area contributed by atoms with Gasteiger partial charge >= 0.3 is 0 Å². The highest BCUT2D eigenvalue weighted by Gasteiger charge is 2.25. The summed E-state index contributed by atoms with van der Waals surface area (Å²) in [7, 11) is -2.35. The van der Waals surface area contributed by atoms with E-state index < -0.39 is 10.0 Å². The maximum absolute atomic E-state index is 12.6. The highest BCUT2D eigenvalue weighted by molar-refractivity contribution is 7.93. The molecule has 0 radical (unpaired) electrons. The molecule has 0 fully saturated rings. The zero-order chi connectivity index (χ0) is 14.9. The van der Waals surface area contributed by atoms with Gasteiger partial charge in [0.2, 0.25) is 0 Å². The molecular formula is C13H12Cl2N2O2S. The van der Waals surface area contributed by atoms with Crippen molar-refractivity contribution < 1.29 is 8.42 Å². The monoisotopic (exact) mass is 330 g/mol.